The number of nitrogens with one attached hydrogen (secondary N) is 1. The minimum absolute atomic E-state index is 0.0613. The Balaban J connectivity index is 2.22. The van der Waals surface area contributed by atoms with Crippen LogP contribution in [0.25, 0.3) is 0 Å². The summed E-state index contributed by atoms with van der Waals surface area (Å²) in [6.07, 6.45) is 1.48. The Morgan fingerprint density at radius 1 is 1.03 bits per heavy atom. The second-order valence-corrected chi connectivity index (χ2v) is 9.16. The third-order valence-corrected chi connectivity index (χ3v) is 6.07. The zero-order chi connectivity index (χ0) is 27.4. The summed E-state index contributed by atoms with van der Waals surface area (Å²) in [7, 11) is 0. The van der Waals surface area contributed by atoms with Crippen LogP contribution in [0.3, 0.4) is 0 Å². The van der Waals surface area contributed by atoms with Crippen molar-refractivity contribution in [2.75, 3.05) is 26.2 Å². The lowest BCUT2D eigenvalue weighted by Gasteiger charge is -2.27. The van der Waals surface area contributed by atoms with Gasteiger partial charge in [-0.05, 0) is 61.6 Å². The number of esters is 1. The Bertz CT molecular complexity index is 990. The minimum atomic E-state index is -0.865. The molecule has 0 saturated heterocycles. The van der Waals surface area contributed by atoms with Gasteiger partial charge < -0.3 is 25.8 Å². The average Bonchev–Trinajstić information content (AvgIpc) is 2.87. The molecule has 0 aliphatic rings. The highest BCUT2D eigenvalue weighted by Crippen LogP contribution is 2.15. The molecule has 7 nitrogen and oxygen atoms in total. The Morgan fingerprint density at radius 3 is 2.22 bits per heavy atom. The van der Waals surface area contributed by atoms with Gasteiger partial charge in [0.15, 0.2) is 0 Å². The number of aliphatic hydroxyl groups is 1. The van der Waals surface area contributed by atoms with Crippen molar-refractivity contribution >= 4 is 11.9 Å². The van der Waals surface area contributed by atoms with E-state index < -0.39 is 29.7 Å². The van der Waals surface area contributed by atoms with Crippen LogP contribution in [0.15, 0.2) is 42.5 Å². The van der Waals surface area contributed by atoms with Crippen LogP contribution in [0.2, 0.25) is 0 Å². The lowest BCUT2D eigenvalue weighted by molar-refractivity contribution is 0.0226. The van der Waals surface area contributed by atoms with Crippen molar-refractivity contribution in [1.82, 2.24) is 10.2 Å². The first-order chi connectivity index (χ1) is 17.7. The Kier molecular flexibility index (Phi) is 12.6. The predicted octanol–water partition coefficient (Wildman–Crippen LogP) is 3.68. The summed E-state index contributed by atoms with van der Waals surface area (Å²) < 4.78 is 33.1. The average molecular weight is 520 g/mol. The number of nitrogens with two attached hydrogens (primary N) is 1. The number of rotatable bonds is 15. The molecule has 0 aliphatic heterocycles. The molecule has 37 heavy (non-hydrogen) atoms. The number of carbonyl (C=O) groups is 2. The molecule has 0 spiro atoms. The number of hydrogen-bond donors (Lipinski definition) is 3. The molecule has 2 aromatic rings. The molecule has 0 aromatic heterocycles. The number of ether oxygens (including phenoxy) is 1. The number of carbonyl (C=O) groups excluding carboxylic acids is 2. The highest BCUT2D eigenvalue weighted by Gasteiger charge is 2.25. The van der Waals surface area contributed by atoms with Gasteiger partial charge in [0, 0.05) is 43.3 Å². The monoisotopic (exact) mass is 519 g/mol. The Labute approximate surface area is 218 Å². The first-order valence-corrected chi connectivity index (χ1v) is 12.9. The van der Waals surface area contributed by atoms with Gasteiger partial charge in [0.2, 0.25) is 0 Å². The third kappa shape index (κ3) is 9.50. The molecule has 2 rings (SSSR count). The van der Waals surface area contributed by atoms with Gasteiger partial charge >= 0.3 is 5.97 Å². The van der Waals surface area contributed by atoms with Gasteiger partial charge in [-0.25, -0.2) is 13.6 Å². The number of hydrogen-bond acceptors (Lipinski definition) is 6. The molecule has 0 fully saturated rings. The first-order valence-electron chi connectivity index (χ1n) is 12.9. The fourth-order valence-corrected chi connectivity index (χ4v) is 4.06. The molecule has 0 heterocycles. The molecule has 204 valence electrons. The van der Waals surface area contributed by atoms with E-state index in [9.17, 15) is 23.5 Å². The van der Waals surface area contributed by atoms with Gasteiger partial charge in [0.1, 0.15) is 17.7 Å². The van der Waals surface area contributed by atoms with Gasteiger partial charge in [-0.1, -0.05) is 26.8 Å². The van der Waals surface area contributed by atoms with E-state index in [-0.39, 0.29) is 37.1 Å². The van der Waals surface area contributed by atoms with Crippen molar-refractivity contribution in [3.8, 4) is 0 Å². The zero-order valence-electron chi connectivity index (χ0n) is 21.9. The summed E-state index contributed by atoms with van der Waals surface area (Å²) >= 11 is 0. The maximum atomic E-state index is 13.7. The maximum Gasteiger partial charge on any atom is 0.338 e. The molecule has 0 radical (unpaired) electrons. The molecule has 4 N–H and O–H groups in total. The van der Waals surface area contributed by atoms with Crippen LogP contribution in [0.4, 0.5) is 8.78 Å². The van der Waals surface area contributed by atoms with Crippen LogP contribution in [-0.2, 0) is 11.2 Å². The molecule has 1 amide bonds. The standard InChI is InChI=1S/C28H39F2N3O4/c1-4-10-33(11-5-2)27(35)20-8-7-9-21(15-20)28(36)37-26(17-32-24(6-3)18-34)25(31)14-19-12-22(29)16-23(30)13-19/h7-9,12-13,15-16,24-26,32,34H,4-6,10-11,14,17-18,31H2,1-3H3/t24-,25+,26-/m1/s1. The Morgan fingerprint density at radius 2 is 1.65 bits per heavy atom. The molecule has 0 bridgehead atoms. The van der Waals surface area contributed by atoms with E-state index >= 15 is 0 Å². The van der Waals surface area contributed by atoms with Gasteiger partial charge in [-0.3, -0.25) is 4.79 Å². The number of amides is 1. The first kappa shape index (κ1) is 30.3. The van der Waals surface area contributed by atoms with Crippen molar-refractivity contribution in [1.29, 1.82) is 0 Å². The van der Waals surface area contributed by atoms with Crippen LogP contribution in [0, 0.1) is 11.6 Å². The molecular formula is C28H39F2N3O4. The third-order valence-electron chi connectivity index (χ3n) is 6.07. The van der Waals surface area contributed by atoms with Crippen LogP contribution in [0.5, 0.6) is 0 Å². The molecular weight excluding hydrogens is 480 g/mol. The maximum absolute atomic E-state index is 13.7. The van der Waals surface area contributed by atoms with Gasteiger partial charge in [0.05, 0.1) is 12.2 Å². The normalized spacial score (nSPS) is 13.6. The fraction of sp³-hybridized carbons (Fsp3) is 0.500. The van der Waals surface area contributed by atoms with E-state index in [1.54, 1.807) is 23.1 Å². The summed E-state index contributed by atoms with van der Waals surface area (Å²) in [6.45, 7) is 7.15. The van der Waals surface area contributed by atoms with Crippen molar-refractivity contribution < 1.29 is 28.2 Å². The van der Waals surface area contributed by atoms with Crippen LogP contribution in [0.1, 0.15) is 66.3 Å². The SMILES string of the molecule is CCCN(CCC)C(=O)c1cccc(C(=O)O[C@H](CN[C@H](CC)CO)[C@@H](N)Cc2cc(F)cc(F)c2)c1. The molecule has 0 saturated carbocycles. The van der Waals surface area contributed by atoms with E-state index in [1.807, 2.05) is 20.8 Å². The van der Waals surface area contributed by atoms with E-state index in [4.69, 9.17) is 10.5 Å². The largest absolute Gasteiger partial charge is 0.456 e. The van der Waals surface area contributed by atoms with Crippen molar-refractivity contribution in [2.45, 2.75) is 64.6 Å². The molecule has 2 aromatic carbocycles. The fourth-order valence-electron chi connectivity index (χ4n) is 4.06. The number of benzene rings is 2. The summed E-state index contributed by atoms with van der Waals surface area (Å²) in [6, 6.07) is 8.48. The highest BCUT2D eigenvalue weighted by molar-refractivity contribution is 5.98. The molecule has 0 aliphatic carbocycles. The number of halogens is 2. The van der Waals surface area contributed by atoms with Gasteiger partial charge in [-0.15, -0.1) is 0 Å². The predicted molar refractivity (Wildman–Crippen MR) is 139 cm³/mol. The summed E-state index contributed by atoms with van der Waals surface area (Å²) in [5.74, 6) is -2.27. The van der Waals surface area contributed by atoms with Crippen molar-refractivity contribution in [2.24, 2.45) is 5.73 Å². The van der Waals surface area contributed by atoms with Crippen molar-refractivity contribution in [3.05, 3.63) is 70.8 Å². The van der Waals surface area contributed by atoms with Crippen LogP contribution >= 0.6 is 0 Å². The van der Waals surface area contributed by atoms with Gasteiger partial charge in [-0.2, -0.15) is 0 Å². The summed E-state index contributed by atoms with van der Waals surface area (Å²) in [4.78, 5) is 27.8. The van der Waals surface area contributed by atoms with E-state index in [1.165, 1.54) is 18.2 Å². The highest BCUT2D eigenvalue weighted by atomic mass is 19.1. The Hall–Kier alpha value is -2.88. The van der Waals surface area contributed by atoms with Crippen LogP contribution < -0.4 is 11.1 Å². The molecule has 3 atom stereocenters. The summed E-state index contributed by atoms with van der Waals surface area (Å²) in [5, 5.41) is 12.6. The lowest BCUT2D eigenvalue weighted by atomic mass is 10.0. The minimum Gasteiger partial charge on any atom is -0.456 e. The van der Waals surface area contributed by atoms with E-state index in [2.05, 4.69) is 5.32 Å². The smallest absolute Gasteiger partial charge is 0.338 e. The summed E-state index contributed by atoms with van der Waals surface area (Å²) in [5.41, 5.74) is 7.26. The number of aliphatic hydroxyl groups excluding tert-OH is 1. The molecule has 9 heteroatoms. The second kappa shape index (κ2) is 15.4. The topological polar surface area (TPSA) is 105 Å². The van der Waals surface area contributed by atoms with E-state index in [0.717, 1.165) is 18.9 Å². The van der Waals surface area contributed by atoms with Crippen LogP contribution in [-0.4, -0.2) is 66.3 Å². The second-order valence-electron chi connectivity index (χ2n) is 9.16. The van der Waals surface area contributed by atoms with Crippen molar-refractivity contribution in [3.63, 3.8) is 0 Å². The van der Waals surface area contributed by atoms with Gasteiger partial charge in [0.25, 0.3) is 5.91 Å². The lowest BCUT2D eigenvalue weighted by Crippen LogP contribution is -2.48. The quantitative estimate of drug-likeness (QED) is 0.310. The van der Waals surface area contributed by atoms with E-state index in [0.29, 0.717) is 30.6 Å². The molecule has 0 unspecified atom stereocenters. The zero-order valence-corrected chi connectivity index (χ0v) is 21.9. The number of nitrogens with zero attached hydrogens (tertiary/aromatic N) is 1.